The molecule has 0 aromatic heterocycles. The Kier molecular flexibility index (Phi) is 65.8. The predicted octanol–water partition coefficient (Wildman–Crippen LogP) is 1.22. The maximum atomic E-state index is 7.35. The second-order valence-corrected chi connectivity index (χ2v) is 4.64. The van der Waals surface area contributed by atoms with Crippen LogP contribution in [0.3, 0.4) is 0 Å². The molecule has 0 spiro atoms. The zero-order valence-electron chi connectivity index (χ0n) is 6.15. The van der Waals surface area contributed by atoms with E-state index in [1.165, 1.54) is 0 Å². The van der Waals surface area contributed by atoms with E-state index < -0.39 is 8.59 Å². The van der Waals surface area contributed by atoms with E-state index in [9.17, 15) is 0 Å². The van der Waals surface area contributed by atoms with Crippen LogP contribution in [0.15, 0.2) is 0 Å². The summed E-state index contributed by atoms with van der Waals surface area (Å²) in [5, 5.41) is 7.35. The molecule has 0 bridgehead atoms. The van der Waals surface area contributed by atoms with Crippen molar-refractivity contribution in [2.75, 3.05) is 6.73 Å². The molecule has 0 fully saturated rings. The zero-order chi connectivity index (χ0) is 9.86. The quantitative estimate of drug-likeness (QED) is 0.516. The zero-order valence-corrected chi connectivity index (χ0v) is 10.7. The van der Waals surface area contributed by atoms with E-state index in [1.54, 1.807) is 0 Å². The van der Waals surface area contributed by atoms with E-state index in [1.807, 2.05) is 0 Å². The molecule has 0 aliphatic rings. The van der Waals surface area contributed by atoms with Crippen LogP contribution in [0.2, 0.25) is 0 Å². The van der Waals surface area contributed by atoms with Crippen molar-refractivity contribution in [3.63, 3.8) is 0 Å². The van der Waals surface area contributed by atoms with Crippen LogP contribution in [0.5, 0.6) is 0 Å². The fourth-order valence-electron chi connectivity index (χ4n) is 0. The van der Waals surface area contributed by atoms with Crippen molar-refractivity contribution in [1.82, 2.24) is 0 Å². The van der Waals surface area contributed by atoms with Gasteiger partial charge in [0.2, 0.25) is 0 Å². The molecular formula is C3H11Cl6NO3. The normalized spacial score (nSPS) is 6.92. The minimum Gasteiger partial charge on any atom is -0.412 e. The third kappa shape index (κ3) is 729. The molecule has 0 rings (SSSR count). The summed E-state index contributed by atoms with van der Waals surface area (Å²) < 4.78 is -1.50. The van der Waals surface area contributed by atoms with Gasteiger partial charge in [0.05, 0.1) is 6.73 Å². The molecule has 0 amide bonds. The number of nitrogens with two attached hydrogens (primary N) is 1. The van der Waals surface area contributed by atoms with Gasteiger partial charge in [0.25, 0.3) is 0 Å². The molecule has 0 aromatic carbocycles. The van der Waals surface area contributed by atoms with Crippen molar-refractivity contribution >= 4 is 69.6 Å². The fourth-order valence-corrected chi connectivity index (χ4v) is 0. The van der Waals surface area contributed by atoms with Crippen LogP contribution in [0.25, 0.3) is 0 Å². The molecule has 0 saturated heterocycles. The third-order valence-corrected chi connectivity index (χ3v) is 0. The largest absolute Gasteiger partial charge is 0.412 e. The van der Waals surface area contributed by atoms with Crippen molar-refractivity contribution in [2.45, 2.75) is 8.59 Å². The Balaban J connectivity index is -0.0000000231. The summed E-state index contributed by atoms with van der Waals surface area (Å²) in [7, 11) is 0. The minimum atomic E-state index is -0.750. The highest BCUT2D eigenvalue weighted by Gasteiger charge is 1.79. The third-order valence-electron chi connectivity index (χ3n) is 0. The van der Waals surface area contributed by atoms with E-state index in [-0.39, 0.29) is 17.7 Å². The number of hydrogen-bond acceptors (Lipinski definition) is 2. The second kappa shape index (κ2) is 29.2. The monoisotopic (exact) mass is 319 g/mol. The van der Waals surface area contributed by atoms with Crippen LogP contribution in [0, 0.1) is 0 Å². The lowest BCUT2D eigenvalue weighted by Gasteiger charge is -1.69. The standard InChI is InChI=1S/2CHCl3.CH5NO.2H2O/c2*2-1(3)4;2-1-3;;/h2*1H;3H,1-2H2;2*1H2. The first-order valence-electron chi connectivity index (χ1n) is 2.03. The Hall–Kier alpha value is 1.58. The van der Waals surface area contributed by atoms with Gasteiger partial charge in [-0.15, -0.1) is 0 Å². The molecule has 13 heavy (non-hydrogen) atoms. The molecule has 0 aliphatic carbocycles. The lowest BCUT2D eigenvalue weighted by molar-refractivity contribution is 0.307. The Labute approximate surface area is 106 Å². The van der Waals surface area contributed by atoms with Gasteiger partial charge < -0.3 is 21.8 Å². The molecular weight excluding hydrogens is 311 g/mol. The van der Waals surface area contributed by atoms with Gasteiger partial charge in [0.1, 0.15) is 0 Å². The number of aliphatic hydroxyl groups is 1. The number of hydrogen-bond donors (Lipinski definition) is 2. The predicted molar refractivity (Wildman–Crippen MR) is 61.2 cm³/mol. The van der Waals surface area contributed by atoms with E-state index >= 15 is 0 Å². The van der Waals surface area contributed by atoms with Crippen LogP contribution < -0.4 is 5.73 Å². The number of alkyl halides is 6. The Morgan fingerprint density at radius 2 is 0.846 bits per heavy atom. The lowest BCUT2D eigenvalue weighted by Crippen LogP contribution is -1.92. The van der Waals surface area contributed by atoms with Gasteiger partial charge in [-0.05, 0) is 0 Å². The lowest BCUT2D eigenvalue weighted by atomic mass is 11.4. The minimum absolute atomic E-state index is 0. The molecule has 10 heteroatoms. The summed E-state index contributed by atoms with van der Waals surface area (Å²) >= 11 is 28.8. The van der Waals surface area contributed by atoms with E-state index in [4.69, 9.17) is 74.7 Å². The molecule has 0 heterocycles. The van der Waals surface area contributed by atoms with E-state index in [0.717, 1.165) is 0 Å². The van der Waals surface area contributed by atoms with Crippen LogP contribution in [0.1, 0.15) is 0 Å². The van der Waals surface area contributed by atoms with Crippen molar-refractivity contribution in [2.24, 2.45) is 5.73 Å². The molecule has 0 aliphatic heterocycles. The molecule has 0 aromatic rings. The molecule has 88 valence electrons. The van der Waals surface area contributed by atoms with Gasteiger partial charge >= 0.3 is 0 Å². The Morgan fingerprint density at radius 1 is 0.846 bits per heavy atom. The Bertz CT molecular complexity index is 46.9. The van der Waals surface area contributed by atoms with Gasteiger partial charge in [-0.25, -0.2) is 0 Å². The van der Waals surface area contributed by atoms with Crippen molar-refractivity contribution in [3.05, 3.63) is 0 Å². The average Bonchev–Trinajstić information content (AvgIpc) is 1.60. The highest BCUT2D eigenvalue weighted by molar-refractivity contribution is 6.63. The summed E-state index contributed by atoms with van der Waals surface area (Å²) in [6.45, 7) is -0.250. The van der Waals surface area contributed by atoms with Crippen LogP contribution in [-0.2, 0) is 0 Å². The van der Waals surface area contributed by atoms with Crippen LogP contribution >= 0.6 is 69.6 Å². The molecule has 0 radical (unpaired) electrons. The smallest absolute Gasteiger partial charge is 0.180 e. The van der Waals surface area contributed by atoms with Crippen molar-refractivity contribution in [3.8, 4) is 0 Å². The molecule has 0 unspecified atom stereocenters. The summed E-state index contributed by atoms with van der Waals surface area (Å²) in [6.07, 6.45) is 0. The van der Waals surface area contributed by atoms with Crippen molar-refractivity contribution < 1.29 is 16.1 Å². The van der Waals surface area contributed by atoms with Gasteiger partial charge in [0.15, 0.2) is 8.59 Å². The maximum absolute atomic E-state index is 7.35. The first-order chi connectivity index (χ1) is 4.88. The molecule has 7 N–H and O–H groups in total. The fraction of sp³-hybridized carbons (Fsp3) is 1.00. The first kappa shape index (κ1) is 29.3. The highest BCUT2D eigenvalue weighted by atomic mass is 35.6. The van der Waals surface area contributed by atoms with Crippen LogP contribution in [0.4, 0.5) is 0 Å². The molecule has 0 atom stereocenters. The summed E-state index contributed by atoms with van der Waals surface area (Å²) in [5.41, 5.74) is 4.40. The molecule has 0 saturated carbocycles. The summed E-state index contributed by atoms with van der Waals surface area (Å²) in [4.78, 5) is 0. The summed E-state index contributed by atoms with van der Waals surface area (Å²) in [5.74, 6) is 0. The number of aliphatic hydroxyl groups excluding tert-OH is 1. The SMILES string of the molecule is ClC(Cl)Cl.ClC(Cl)Cl.NCO.O.O. The second-order valence-electron chi connectivity index (χ2n) is 0.677. The highest BCUT2D eigenvalue weighted by Crippen LogP contribution is 2.04. The van der Waals surface area contributed by atoms with Gasteiger partial charge in [-0.2, -0.15) is 0 Å². The summed E-state index contributed by atoms with van der Waals surface area (Å²) in [6, 6.07) is 0. The Morgan fingerprint density at radius 3 is 0.846 bits per heavy atom. The first-order valence-corrected chi connectivity index (χ1v) is 4.65. The molecule has 4 nitrogen and oxygen atoms in total. The topological polar surface area (TPSA) is 109 Å². The van der Waals surface area contributed by atoms with Gasteiger partial charge in [-0.3, -0.25) is 0 Å². The van der Waals surface area contributed by atoms with Gasteiger partial charge in [0, 0.05) is 0 Å². The average molecular weight is 322 g/mol. The van der Waals surface area contributed by atoms with Crippen LogP contribution in [-0.4, -0.2) is 31.4 Å². The number of rotatable bonds is 0. The maximum Gasteiger partial charge on any atom is 0.180 e. The van der Waals surface area contributed by atoms with E-state index in [2.05, 4.69) is 5.73 Å². The number of halogens is 6. The van der Waals surface area contributed by atoms with Crippen molar-refractivity contribution in [1.29, 1.82) is 0 Å². The van der Waals surface area contributed by atoms with E-state index in [0.29, 0.717) is 0 Å². The van der Waals surface area contributed by atoms with Gasteiger partial charge in [-0.1, -0.05) is 69.6 Å².